The molecule has 0 unspecified atom stereocenters. The molecule has 0 aliphatic rings. The first-order chi connectivity index (χ1) is 10.5. The second-order valence-corrected chi connectivity index (χ2v) is 5.29. The number of Topliss-reactive ketones (excluding diaryl/α,β-unsaturated/α-hetero) is 1. The molecule has 0 aliphatic carbocycles. The SMILES string of the molecule is Cc1ccc(NC(=O)NCCC(=O)c2ccc(C)cc2)cc1. The van der Waals surface area contributed by atoms with Gasteiger partial charge in [0.05, 0.1) is 0 Å². The molecule has 0 saturated carbocycles. The van der Waals surface area contributed by atoms with Gasteiger partial charge < -0.3 is 10.6 Å². The molecule has 0 radical (unpaired) electrons. The number of hydrogen-bond acceptors (Lipinski definition) is 2. The molecule has 0 saturated heterocycles. The van der Waals surface area contributed by atoms with E-state index in [4.69, 9.17) is 0 Å². The lowest BCUT2D eigenvalue weighted by Gasteiger charge is -2.07. The largest absolute Gasteiger partial charge is 0.337 e. The second-order valence-electron chi connectivity index (χ2n) is 5.29. The Kier molecular flexibility index (Phi) is 5.31. The third-order valence-electron chi connectivity index (χ3n) is 3.32. The Morgan fingerprint density at radius 1 is 0.864 bits per heavy atom. The third-order valence-corrected chi connectivity index (χ3v) is 3.32. The average molecular weight is 296 g/mol. The van der Waals surface area contributed by atoms with Gasteiger partial charge in [0.1, 0.15) is 0 Å². The topological polar surface area (TPSA) is 58.2 Å². The normalized spacial score (nSPS) is 10.1. The van der Waals surface area contributed by atoms with Crippen molar-refractivity contribution >= 4 is 17.5 Å². The molecule has 2 amide bonds. The minimum atomic E-state index is -0.305. The van der Waals surface area contributed by atoms with Crippen LogP contribution >= 0.6 is 0 Å². The van der Waals surface area contributed by atoms with Gasteiger partial charge in [0.25, 0.3) is 0 Å². The highest BCUT2D eigenvalue weighted by Gasteiger charge is 2.06. The Morgan fingerprint density at radius 2 is 1.41 bits per heavy atom. The van der Waals surface area contributed by atoms with Gasteiger partial charge in [-0.05, 0) is 26.0 Å². The van der Waals surface area contributed by atoms with E-state index in [0.717, 1.165) is 16.8 Å². The molecule has 0 aliphatic heterocycles. The second kappa shape index (κ2) is 7.41. The van der Waals surface area contributed by atoms with Crippen molar-refractivity contribution in [3.63, 3.8) is 0 Å². The lowest BCUT2D eigenvalue weighted by Crippen LogP contribution is -2.30. The van der Waals surface area contributed by atoms with Crippen molar-refractivity contribution in [2.45, 2.75) is 20.3 Å². The molecule has 4 nitrogen and oxygen atoms in total. The van der Waals surface area contributed by atoms with Crippen molar-refractivity contribution in [3.8, 4) is 0 Å². The number of carbonyl (C=O) groups is 2. The van der Waals surface area contributed by atoms with Crippen LogP contribution in [0.25, 0.3) is 0 Å². The van der Waals surface area contributed by atoms with E-state index in [2.05, 4.69) is 10.6 Å². The van der Waals surface area contributed by atoms with Crippen LogP contribution in [-0.4, -0.2) is 18.4 Å². The summed E-state index contributed by atoms with van der Waals surface area (Å²) in [6.07, 6.45) is 0.282. The van der Waals surface area contributed by atoms with Crippen LogP contribution in [0.3, 0.4) is 0 Å². The summed E-state index contributed by atoms with van der Waals surface area (Å²) >= 11 is 0. The van der Waals surface area contributed by atoms with Gasteiger partial charge in [-0.3, -0.25) is 4.79 Å². The van der Waals surface area contributed by atoms with E-state index in [1.165, 1.54) is 0 Å². The van der Waals surface area contributed by atoms with Crippen molar-refractivity contribution in [1.29, 1.82) is 0 Å². The average Bonchev–Trinajstić information content (AvgIpc) is 2.50. The summed E-state index contributed by atoms with van der Waals surface area (Å²) in [7, 11) is 0. The number of amides is 2. The first-order valence-electron chi connectivity index (χ1n) is 7.26. The minimum Gasteiger partial charge on any atom is -0.337 e. The van der Waals surface area contributed by atoms with Crippen molar-refractivity contribution in [1.82, 2.24) is 5.32 Å². The molecule has 0 aromatic heterocycles. The molecule has 22 heavy (non-hydrogen) atoms. The number of urea groups is 1. The lowest BCUT2D eigenvalue weighted by atomic mass is 10.1. The molecule has 2 aromatic carbocycles. The van der Waals surface area contributed by atoms with E-state index in [9.17, 15) is 9.59 Å². The number of hydrogen-bond donors (Lipinski definition) is 2. The molecular formula is C18H20N2O2. The zero-order chi connectivity index (χ0) is 15.9. The van der Waals surface area contributed by atoms with Gasteiger partial charge in [0.2, 0.25) is 0 Å². The maximum atomic E-state index is 12.0. The summed E-state index contributed by atoms with van der Waals surface area (Å²) < 4.78 is 0. The molecule has 2 N–H and O–H groups in total. The Morgan fingerprint density at radius 3 is 2.00 bits per heavy atom. The Labute approximate surface area is 130 Å². The maximum absolute atomic E-state index is 12.0. The fraction of sp³-hybridized carbons (Fsp3) is 0.222. The summed E-state index contributed by atoms with van der Waals surface area (Å²) in [6.45, 7) is 4.27. The van der Waals surface area contributed by atoms with Crippen molar-refractivity contribution in [3.05, 3.63) is 65.2 Å². The van der Waals surface area contributed by atoms with Gasteiger partial charge in [0.15, 0.2) is 5.78 Å². The number of aryl methyl sites for hydroxylation is 2. The number of benzene rings is 2. The van der Waals surface area contributed by atoms with Crippen LogP contribution in [0.5, 0.6) is 0 Å². The Hall–Kier alpha value is -2.62. The van der Waals surface area contributed by atoms with Gasteiger partial charge in [0, 0.05) is 24.2 Å². The van der Waals surface area contributed by atoms with E-state index < -0.39 is 0 Å². The van der Waals surface area contributed by atoms with E-state index in [1.807, 2.05) is 62.4 Å². The molecular weight excluding hydrogens is 276 g/mol. The zero-order valence-corrected chi connectivity index (χ0v) is 12.8. The standard InChI is InChI=1S/C18H20N2O2/c1-13-3-7-15(8-4-13)17(21)11-12-19-18(22)20-16-9-5-14(2)6-10-16/h3-10H,11-12H2,1-2H3,(H2,19,20,22). The lowest BCUT2D eigenvalue weighted by molar-refractivity contribution is 0.0984. The van der Waals surface area contributed by atoms with Gasteiger partial charge in [-0.1, -0.05) is 47.5 Å². The van der Waals surface area contributed by atoms with Gasteiger partial charge in [-0.2, -0.15) is 0 Å². The van der Waals surface area contributed by atoms with Crippen molar-refractivity contribution in [2.24, 2.45) is 0 Å². The quantitative estimate of drug-likeness (QED) is 0.827. The van der Waals surface area contributed by atoms with Crippen LogP contribution in [0.2, 0.25) is 0 Å². The molecule has 0 atom stereocenters. The van der Waals surface area contributed by atoms with Crippen LogP contribution in [0, 0.1) is 13.8 Å². The number of nitrogens with one attached hydrogen (secondary N) is 2. The van der Waals surface area contributed by atoms with E-state index >= 15 is 0 Å². The molecule has 0 bridgehead atoms. The highest BCUT2D eigenvalue weighted by atomic mass is 16.2. The summed E-state index contributed by atoms with van der Waals surface area (Å²) in [5, 5.41) is 5.42. The highest BCUT2D eigenvalue weighted by molar-refractivity contribution is 5.96. The molecule has 4 heteroatoms. The summed E-state index contributed by atoms with van der Waals surface area (Å²) in [5.74, 6) is 0.0237. The Balaban J connectivity index is 1.75. The first-order valence-corrected chi connectivity index (χ1v) is 7.26. The number of ketones is 1. The monoisotopic (exact) mass is 296 g/mol. The van der Waals surface area contributed by atoms with Crippen LogP contribution in [-0.2, 0) is 0 Å². The van der Waals surface area contributed by atoms with Crippen LogP contribution in [0.15, 0.2) is 48.5 Å². The molecule has 2 aromatic rings. The van der Waals surface area contributed by atoms with E-state index in [-0.39, 0.29) is 18.2 Å². The van der Waals surface area contributed by atoms with Crippen molar-refractivity contribution in [2.75, 3.05) is 11.9 Å². The van der Waals surface area contributed by atoms with Gasteiger partial charge in [-0.25, -0.2) is 4.79 Å². The number of rotatable bonds is 5. The summed E-state index contributed by atoms with van der Waals surface area (Å²) in [5.41, 5.74) is 3.65. The van der Waals surface area contributed by atoms with Crippen LogP contribution in [0.1, 0.15) is 27.9 Å². The summed E-state index contributed by atoms with van der Waals surface area (Å²) in [4.78, 5) is 23.7. The third kappa shape index (κ3) is 4.74. The predicted molar refractivity (Wildman–Crippen MR) is 88.3 cm³/mol. The zero-order valence-electron chi connectivity index (χ0n) is 12.8. The minimum absolute atomic E-state index is 0.0237. The molecule has 0 fully saturated rings. The molecule has 0 heterocycles. The molecule has 114 valence electrons. The van der Waals surface area contributed by atoms with Crippen LogP contribution in [0.4, 0.5) is 10.5 Å². The fourth-order valence-electron chi connectivity index (χ4n) is 1.99. The smallest absolute Gasteiger partial charge is 0.319 e. The molecule has 2 rings (SSSR count). The van der Waals surface area contributed by atoms with Gasteiger partial charge in [-0.15, -0.1) is 0 Å². The number of carbonyl (C=O) groups excluding carboxylic acids is 2. The highest BCUT2D eigenvalue weighted by Crippen LogP contribution is 2.08. The first kappa shape index (κ1) is 15.8. The predicted octanol–water partition coefficient (Wildman–Crippen LogP) is 3.70. The van der Waals surface area contributed by atoms with E-state index in [0.29, 0.717) is 12.1 Å². The van der Waals surface area contributed by atoms with Crippen molar-refractivity contribution < 1.29 is 9.59 Å². The van der Waals surface area contributed by atoms with E-state index in [1.54, 1.807) is 0 Å². The number of anilines is 1. The van der Waals surface area contributed by atoms with Crippen LogP contribution < -0.4 is 10.6 Å². The maximum Gasteiger partial charge on any atom is 0.319 e. The van der Waals surface area contributed by atoms with Gasteiger partial charge >= 0.3 is 6.03 Å². The fourth-order valence-corrected chi connectivity index (χ4v) is 1.99. The Bertz CT molecular complexity index is 646. The molecule has 0 spiro atoms. The summed E-state index contributed by atoms with van der Waals surface area (Å²) in [6, 6.07) is 14.7.